The number of hydrogen-bond donors (Lipinski definition) is 0. The Bertz CT molecular complexity index is 676. The molecule has 2 aliphatic heterocycles. The second-order valence-corrected chi connectivity index (χ2v) is 8.06. The van der Waals surface area contributed by atoms with Crippen molar-refractivity contribution in [2.75, 3.05) is 39.9 Å². The normalized spacial score (nSPS) is 21.0. The van der Waals surface area contributed by atoms with E-state index in [4.69, 9.17) is 4.74 Å². The third kappa shape index (κ3) is 5.77. The molecule has 2 amide bonds. The molecule has 0 bridgehead atoms. The standard InChI is InChI=1S/C22H31FN2O3/c1-24(11-7-17-9-13-28-14-10-17)22(27)19-5-6-21(26)25(16-19)12-8-18-3-2-4-20(23)15-18/h2-4,15,17,19H,5-14,16H2,1H3. The van der Waals surface area contributed by atoms with Crippen LogP contribution in [0.1, 0.15) is 37.7 Å². The van der Waals surface area contributed by atoms with Crippen LogP contribution in [0.5, 0.6) is 0 Å². The van der Waals surface area contributed by atoms with Crippen LogP contribution in [0.25, 0.3) is 0 Å². The molecule has 2 saturated heterocycles. The van der Waals surface area contributed by atoms with Crippen molar-refractivity contribution in [3.05, 3.63) is 35.6 Å². The first kappa shape index (κ1) is 20.8. The molecular weight excluding hydrogens is 359 g/mol. The topological polar surface area (TPSA) is 49.9 Å². The van der Waals surface area contributed by atoms with Gasteiger partial charge < -0.3 is 14.5 Å². The van der Waals surface area contributed by atoms with Crippen molar-refractivity contribution in [3.63, 3.8) is 0 Å². The SMILES string of the molecule is CN(CCC1CCOCC1)C(=O)C1CCC(=O)N(CCc2cccc(F)c2)C1. The smallest absolute Gasteiger partial charge is 0.227 e. The first-order valence-electron chi connectivity index (χ1n) is 10.4. The molecule has 28 heavy (non-hydrogen) atoms. The number of likely N-dealkylation sites (tertiary alicyclic amines) is 1. The molecule has 2 fully saturated rings. The minimum Gasteiger partial charge on any atom is -0.381 e. The molecule has 2 heterocycles. The van der Waals surface area contributed by atoms with Crippen molar-refractivity contribution in [2.24, 2.45) is 11.8 Å². The van der Waals surface area contributed by atoms with Crippen LogP contribution in [0.15, 0.2) is 24.3 Å². The highest BCUT2D eigenvalue weighted by molar-refractivity contribution is 5.83. The number of piperidine rings is 1. The average molecular weight is 390 g/mol. The van der Waals surface area contributed by atoms with Gasteiger partial charge in [0.25, 0.3) is 0 Å². The molecule has 0 N–H and O–H groups in total. The summed E-state index contributed by atoms with van der Waals surface area (Å²) in [5.74, 6) is 0.465. The number of ether oxygens (including phenoxy) is 1. The fourth-order valence-corrected chi connectivity index (χ4v) is 4.12. The molecular formula is C22H31FN2O3. The van der Waals surface area contributed by atoms with Crippen molar-refractivity contribution in [2.45, 2.75) is 38.5 Å². The lowest BCUT2D eigenvalue weighted by atomic mass is 9.94. The fraction of sp³-hybridized carbons (Fsp3) is 0.636. The fourth-order valence-electron chi connectivity index (χ4n) is 4.12. The van der Waals surface area contributed by atoms with Gasteiger partial charge in [0.05, 0.1) is 5.92 Å². The Labute approximate surface area is 166 Å². The van der Waals surface area contributed by atoms with Crippen LogP contribution >= 0.6 is 0 Å². The number of amides is 2. The summed E-state index contributed by atoms with van der Waals surface area (Å²) in [6.07, 6.45) is 4.80. The van der Waals surface area contributed by atoms with E-state index in [0.717, 1.165) is 44.6 Å². The maximum absolute atomic E-state index is 13.3. The molecule has 0 radical (unpaired) electrons. The maximum atomic E-state index is 13.3. The molecule has 1 aromatic carbocycles. The van der Waals surface area contributed by atoms with Crippen LogP contribution in [0, 0.1) is 17.7 Å². The van der Waals surface area contributed by atoms with Gasteiger partial charge in [-0.1, -0.05) is 12.1 Å². The van der Waals surface area contributed by atoms with E-state index in [1.54, 1.807) is 11.0 Å². The summed E-state index contributed by atoms with van der Waals surface area (Å²) in [6, 6.07) is 6.47. The molecule has 5 nitrogen and oxygen atoms in total. The highest BCUT2D eigenvalue weighted by Gasteiger charge is 2.31. The van der Waals surface area contributed by atoms with Crippen molar-refractivity contribution < 1.29 is 18.7 Å². The monoisotopic (exact) mass is 390 g/mol. The number of rotatable bonds is 7. The van der Waals surface area contributed by atoms with Crippen molar-refractivity contribution in [3.8, 4) is 0 Å². The van der Waals surface area contributed by atoms with E-state index in [9.17, 15) is 14.0 Å². The van der Waals surface area contributed by atoms with Gasteiger partial charge in [0.1, 0.15) is 5.82 Å². The predicted octanol–water partition coefficient (Wildman–Crippen LogP) is 2.88. The van der Waals surface area contributed by atoms with Crippen molar-refractivity contribution >= 4 is 11.8 Å². The van der Waals surface area contributed by atoms with Crippen LogP contribution in [0.3, 0.4) is 0 Å². The summed E-state index contributed by atoms with van der Waals surface area (Å²) in [5.41, 5.74) is 0.870. The third-order valence-corrected chi connectivity index (χ3v) is 6.00. The summed E-state index contributed by atoms with van der Waals surface area (Å²) in [6.45, 7) is 3.41. The number of nitrogens with zero attached hydrogens (tertiary/aromatic N) is 2. The second-order valence-electron chi connectivity index (χ2n) is 8.06. The molecule has 0 aliphatic carbocycles. The van der Waals surface area contributed by atoms with Crippen LogP contribution in [0.4, 0.5) is 4.39 Å². The number of benzene rings is 1. The average Bonchev–Trinajstić information content (AvgIpc) is 2.71. The Morgan fingerprint density at radius 1 is 1.29 bits per heavy atom. The number of carbonyl (C=O) groups is 2. The summed E-state index contributed by atoms with van der Waals surface area (Å²) in [5, 5.41) is 0. The third-order valence-electron chi connectivity index (χ3n) is 6.00. The zero-order valence-electron chi connectivity index (χ0n) is 16.7. The van der Waals surface area contributed by atoms with E-state index in [0.29, 0.717) is 38.3 Å². The van der Waals surface area contributed by atoms with Crippen molar-refractivity contribution in [1.29, 1.82) is 0 Å². The van der Waals surface area contributed by atoms with E-state index in [2.05, 4.69) is 0 Å². The van der Waals surface area contributed by atoms with Gasteiger partial charge in [0.15, 0.2) is 0 Å². The summed E-state index contributed by atoms with van der Waals surface area (Å²) < 4.78 is 18.7. The van der Waals surface area contributed by atoms with E-state index >= 15 is 0 Å². The van der Waals surface area contributed by atoms with Gasteiger partial charge in [-0.15, -0.1) is 0 Å². The Morgan fingerprint density at radius 2 is 2.07 bits per heavy atom. The zero-order chi connectivity index (χ0) is 19.9. The highest BCUT2D eigenvalue weighted by Crippen LogP contribution is 2.22. The lowest BCUT2D eigenvalue weighted by Gasteiger charge is -2.34. The van der Waals surface area contributed by atoms with Crippen LogP contribution in [-0.4, -0.2) is 61.5 Å². The van der Waals surface area contributed by atoms with Gasteiger partial charge in [0, 0.05) is 46.3 Å². The van der Waals surface area contributed by atoms with E-state index in [1.165, 1.54) is 12.1 Å². The van der Waals surface area contributed by atoms with E-state index < -0.39 is 0 Å². The van der Waals surface area contributed by atoms with Gasteiger partial charge >= 0.3 is 0 Å². The summed E-state index contributed by atoms with van der Waals surface area (Å²) in [4.78, 5) is 28.7. The van der Waals surface area contributed by atoms with Crippen LogP contribution in [-0.2, 0) is 20.7 Å². The lowest BCUT2D eigenvalue weighted by molar-refractivity contribution is -0.142. The first-order chi connectivity index (χ1) is 13.5. The molecule has 2 aliphatic rings. The maximum Gasteiger partial charge on any atom is 0.227 e. The Hall–Kier alpha value is -1.95. The molecule has 1 aromatic rings. The minimum atomic E-state index is -0.262. The number of carbonyl (C=O) groups excluding carboxylic acids is 2. The van der Waals surface area contributed by atoms with Gasteiger partial charge in [-0.05, 0) is 55.7 Å². The lowest BCUT2D eigenvalue weighted by Crippen LogP contribution is -2.47. The van der Waals surface area contributed by atoms with Gasteiger partial charge in [-0.2, -0.15) is 0 Å². The molecule has 154 valence electrons. The zero-order valence-corrected chi connectivity index (χ0v) is 16.7. The van der Waals surface area contributed by atoms with Crippen molar-refractivity contribution in [1.82, 2.24) is 9.80 Å². The van der Waals surface area contributed by atoms with E-state index in [1.807, 2.05) is 18.0 Å². The number of hydrogen-bond acceptors (Lipinski definition) is 3. The highest BCUT2D eigenvalue weighted by atomic mass is 19.1. The Kier molecular flexibility index (Phi) is 7.43. The van der Waals surface area contributed by atoms with Gasteiger partial charge in [-0.3, -0.25) is 9.59 Å². The van der Waals surface area contributed by atoms with E-state index in [-0.39, 0.29) is 23.5 Å². The quantitative estimate of drug-likeness (QED) is 0.719. The largest absolute Gasteiger partial charge is 0.381 e. The Balaban J connectivity index is 1.48. The number of halogens is 1. The Morgan fingerprint density at radius 3 is 2.82 bits per heavy atom. The van der Waals surface area contributed by atoms with Gasteiger partial charge in [0.2, 0.25) is 11.8 Å². The first-order valence-corrected chi connectivity index (χ1v) is 10.4. The molecule has 1 atom stereocenters. The molecule has 0 spiro atoms. The van der Waals surface area contributed by atoms with Crippen LogP contribution < -0.4 is 0 Å². The minimum absolute atomic E-state index is 0.0883. The molecule has 0 saturated carbocycles. The second kappa shape index (κ2) is 10.0. The molecule has 0 aromatic heterocycles. The molecule has 6 heteroatoms. The molecule has 3 rings (SSSR count). The molecule has 1 unspecified atom stereocenters. The predicted molar refractivity (Wildman–Crippen MR) is 105 cm³/mol. The summed E-state index contributed by atoms with van der Waals surface area (Å²) in [7, 11) is 1.87. The summed E-state index contributed by atoms with van der Waals surface area (Å²) >= 11 is 0. The van der Waals surface area contributed by atoms with Crippen LogP contribution in [0.2, 0.25) is 0 Å². The van der Waals surface area contributed by atoms with Gasteiger partial charge in [-0.25, -0.2) is 4.39 Å².